The number of aliphatic carboxylic acids is 1. The lowest BCUT2D eigenvalue weighted by Crippen LogP contribution is -2.50. The lowest BCUT2D eigenvalue weighted by atomic mass is 9.80. The molecule has 0 unspecified atom stereocenters. The van der Waals surface area contributed by atoms with Crippen molar-refractivity contribution in [1.82, 2.24) is 5.32 Å². The van der Waals surface area contributed by atoms with Crippen LogP contribution >= 0.6 is 0 Å². The average molecular weight is 479 g/mol. The smallest absolute Gasteiger partial charge is 0.308 e. The molecule has 1 saturated carbocycles. The summed E-state index contributed by atoms with van der Waals surface area (Å²) in [5, 5.41) is 13.2. The molecule has 2 aliphatic rings. The van der Waals surface area contributed by atoms with Crippen LogP contribution in [-0.2, 0) is 21.5 Å². The van der Waals surface area contributed by atoms with Gasteiger partial charge in [0.15, 0.2) is 0 Å². The molecule has 2 atom stereocenters. The molecular weight excluding hydrogens is 440 g/mol. The molecule has 0 spiro atoms. The summed E-state index contributed by atoms with van der Waals surface area (Å²) in [5.74, 6) is -0.552. The van der Waals surface area contributed by atoms with Crippen LogP contribution in [0.2, 0.25) is 0 Å². The van der Waals surface area contributed by atoms with E-state index in [2.05, 4.69) is 50.4 Å². The Morgan fingerprint density at radius 2 is 1.77 bits per heavy atom. The van der Waals surface area contributed by atoms with Crippen molar-refractivity contribution in [3.05, 3.63) is 59.7 Å². The second-order valence-electron chi connectivity index (χ2n) is 11.0. The fraction of sp³-hybridized carbons (Fsp3) is 0.517. The number of carboxylic acids is 1. The van der Waals surface area contributed by atoms with E-state index >= 15 is 0 Å². The number of benzene rings is 2. The maximum atomic E-state index is 13.7. The molecule has 1 aliphatic carbocycles. The number of carbonyl (C=O) groups is 2. The first-order chi connectivity index (χ1) is 16.7. The van der Waals surface area contributed by atoms with E-state index in [1.54, 1.807) is 4.90 Å². The molecule has 2 N–H and O–H groups in total. The molecule has 0 bridgehead atoms. The Balaban J connectivity index is 1.53. The molecule has 1 fully saturated rings. The normalized spacial score (nSPS) is 20.0. The molecule has 0 saturated heterocycles. The number of nitrogens with zero attached hydrogens (tertiary/aromatic N) is 1. The van der Waals surface area contributed by atoms with E-state index < -0.39 is 17.9 Å². The molecule has 2 aromatic carbocycles. The Labute approximate surface area is 208 Å². The van der Waals surface area contributed by atoms with Gasteiger partial charge in [-0.05, 0) is 47.4 Å². The van der Waals surface area contributed by atoms with Gasteiger partial charge in [0.1, 0.15) is 18.4 Å². The van der Waals surface area contributed by atoms with E-state index in [1.165, 1.54) is 12.0 Å². The van der Waals surface area contributed by atoms with Crippen molar-refractivity contribution in [2.24, 2.45) is 11.8 Å². The number of rotatable bonds is 7. The van der Waals surface area contributed by atoms with E-state index in [9.17, 15) is 14.7 Å². The number of hydrogen-bond acceptors (Lipinski definition) is 4. The summed E-state index contributed by atoms with van der Waals surface area (Å²) in [5.41, 5.74) is 3.08. The van der Waals surface area contributed by atoms with E-state index in [0.29, 0.717) is 12.3 Å². The van der Waals surface area contributed by atoms with Crippen LogP contribution < -0.4 is 15.0 Å². The Kier molecular flexibility index (Phi) is 7.80. The van der Waals surface area contributed by atoms with Crippen LogP contribution in [0.5, 0.6) is 5.75 Å². The molecular formula is C29H38N2O4. The zero-order valence-electron chi connectivity index (χ0n) is 21.1. The quantitative estimate of drug-likeness (QED) is 0.575. The molecule has 1 aliphatic heterocycles. The van der Waals surface area contributed by atoms with Crippen LogP contribution in [0.1, 0.15) is 64.0 Å². The van der Waals surface area contributed by atoms with Crippen molar-refractivity contribution in [2.75, 3.05) is 18.1 Å². The zero-order chi connectivity index (χ0) is 25.0. The molecule has 0 radical (unpaired) electrons. The number of para-hydroxylation sites is 2. The lowest BCUT2D eigenvalue weighted by molar-refractivity contribution is -0.144. The molecule has 0 aromatic heterocycles. The van der Waals surface area contributed by atoms with Gasteiger partial charge in [0.05, 0.1) is 18.2 Å². The van der Waals surface area contributed by atoms with Crippen molar-refractivity contribution in [3.63, 3.8) is 0 Å². The van der Waals surface area contributed by atoms with Gasteiger partial charge in [0.2, 0.25) is 5.91 Å². The van der Waals surface area contributed by atoms with E-state index in [0.717, 1.165) is 36.9 Å². The van der Waals surface area contributed by atoms with Crippen LogP contribution in [0.4, 0.5) is 5.69 Å². The maximum absolute atomic E-state index is 13.7. The summed E-state index contributed by atoms with van der Waals surface area (Å²) in [6, 6.07) is 15.4. The minimum Gasteiger partial charge on any atom is -0.489 e. The first-order valence-corrected chi connectivity index (χ1v) is 12.8. The highest BCUT2D eigenvalue weighted by molar-refractivity contribution is 5.99. The summed E-state index contributed by atoms with van der Waals surface area (Å²) >= 11 is 0. The van der Waals surface area contributed by atoms with Gasteiger partial charge in [-0.25, -0.2) is 0 Å². The third-order valence-corrected chi connectivity index (χ3v) is 7.41. The second kappa shape index (κ2) is 10.8. The summed E-state index contributed by atoms with van der Waals surface area (Å²) in [7, 11) is 0. The van der Waals surface area contributed by atoms with Gasteiger partial charge in [-0.2, -0.15) is 0 Å². The predicted octanol–water partition coefficient (Wildman–Crippen LogP) is 5.15. The van der Waals surface area contributed by atoms with Gasteiger partial charge < -0.3 is 20.1 Å². The van der Waals surface area contributed by atoms with Crippen LogP contribution in [-0.4, -0.2) is 36.2 Å². The highest BCUT2D eigenvalue weighted by Gasteiger charge is 2.34. The van der Waals surface area contributed by atoms with Crippen molar-refractivity contribution in [1.29, 1.82) is 0 Å². The minimum absolute atomic E-state index is 0.0609. The highest BCUT2D eigenvalue weighted by atomic mass is 16.5. The monoisotopic (exact) mass is 478 g/mol. The third kappa shape index (κ3) is 6.04. The largest absolute Gasteiger partial charge is 0.489 e. The molecule has 6 heteroatoms. The van der Waals surface area contributed by atoms with Gasteiger partial charge in [-0.1, -0.05) is 76.4 Å². The lowest BCUT2D eigenvalue weighted by Gasteiger charge is -2.30. The highest BCUT2D eigenvalue weighted by Crippen LogP contribution is 2.33. The Hall–Kier alpha value is -2.86. The Morgan fingerprint density at radius 1 is 1.09 bits per heavy atom. The Morgan fingerprint density at radius 3 is 2.43 bits per heavy atom. The standard InChI is InChI=1S/C29H38N2O4/c1-29(2,3)22-15-13-20(14-16-22)18-31-25-11-7-8-12-26(25)35-19-24(27(31)32)30-17-23(28(33)34)21-9-5-4-6-10-21/h7-8,11-16,21,23-24,30H,4-6,9-10,17-19H2,1-3H3,(H,33,34)/t23-,24-/m0/s1. The number of anilines is 1. The third-order valence-electron chi connectivity index (χ3n) is 7.41. The molecule has 188 valence electrons. The molecule has 6 nitrogen and oxygen atoms in total. The number of carboxylic acid groups (broad SMARTS) is 1. The summed E-state index contributed by atoms with van der Waals surface area (Å²) in [6.07, 6.45) is 5.22. The first-order valence-electron chi connectivity index (χ1n) is 12.8. The number of nitrogens with one attached hydrogen (secondary N) is 1. The summed E-state index contributed by atoms with van der Waals surface area (Å²) in [6.45, 7) is 7.41. The van der Waals surface area contributed by atoms with Gasteiger partial charge in [0.25, 0.3) is 0 Å². The van der Waals surface area contributed by atoms with Crippen molar-refractivity contribution in [2.45, 2.75) is 70.9 Å². The topological polar surface area (TPSA) is 78.9 Å². The van der Waals surface area contributed by atoms with Crippen LogP contribution in [0.15, 0.2) is 48.5 Å². The number of amides is 1. The molecule has 1 heterocycles. The summed E-state index contributed by atoms with van der Waals surface area (Å²) < 4.78 is 6.03. The van der Waals surface area contributed by atoms with Gasteiger partial charge in [0, 0.05) is 6.54 Å². The second-order valence-corrected chi connectivity index (χ2v) is 11.0. The van der Waals surface area contributed by atoms with Crippen LogP contribution in [0.3, 0.4) is 0 Å². The van der Waals surface area contributed by atoms with Crippen LogP contribution in [0.25, 0.3) is 0 Å². The predicted molar refractivity (Wildman–Crippen MR) is 138 cm³/mol. The average Bonchev–Trinajstić information content (AvgIpc) is 2.97. The zero-order valence-corrected chi connectivity index (χ0v) is 21.1. The number of ether oxygens (including phenoxy) is 1. The van der Waals surface area contributed by atoms with Crippen molar-refractivity contribution in [3.8, 4) is 5.75 Å². The van der Waals surface area contributed by atoms with E-state index in [1.807, 2.05) is 24.3 Å². The number of fused-ring (bicyclic) bond motifs is 1. The van der Waals surface area contributed by atoms with Gasteiger partial charge in [-0.15, -0.1) is 0 Å². The number of hydrogen-bond donors (Lipinski definition) is 2. The minimum atomic E-state index is -0.787. The first kappa shape index (κ1) is 25.2. The molecule has 4 rings (SSSR count). The Bertz CT molecular complexity index is 1020. The fourth-order valence-corrected chi connectivity index (χ4v) is 5.22. The fourth-order valence-electron chi connectivity index (χ4n) is 5.22. The van der Waals surface area contributed by atoms with Gasteiger partial charge in [-0.3, -0.25) is 9.59 Å². The molecule has 1 amide bonds. The van der Waals surface area contributed by atoms with Crippen molar-refractivity contribution >= 4 is 17.6 Å². The molecule has 35 heavy (non-hydrogen) atoms. The van der Waals surface area contributed by atoms with Crippen LogP contribution in [0, 0.1) is 11.8 Å². The summed E-state index contributed by atoms with van der Waals surface area (Å²) in [4.78, 5) is 27.5. The maximum Gasteiger partial charge on any atom is 0.308 e. The van der Waals surface area contributed by atoms with E-state index in [4.69, 9.17) is 4.74 Å². The van der Waals surface area contributed by atoms with E-state index in [-0.39, 0.29) is 30.4 Å². The van der Waals surface area contributed by atoms with Crippen molar-refractivity contribution < 1.29 is 19.4 Å². The molecule has 2 aromatic rings. The SMILES string of the molecule is CC(C)(C)c1ccc(CN2C(=O)[C@@H](NC[C@H](C(=O)O)C3CCCCC3)COc3ccccc32)cc1. The number of carbonyl (C=O) groups excluding carboxylic acids is 1. The van der Waals surface area contributed by atoms with Gasteiger partial charge >= 0.3 is 5.97 Å².